The molecule has 1 fully saturated rings. The van der Waals surface area contributed by atoms with Gasteiger partial charge in [0.2, 0.25) is 0 Å². The highest BCUT2D eigenvalue weighted by Crippen LogP contribution is 2.27. The molecule has 1 N–H and O–H groups in total. The van der Waals surface area contributed by atoms with Gasteiger partial charge < -0.3 is 14.6 Å². The molecule has 1 aliphatic heterocycles. The summed E-state index contributed by atoms with van der Waals surface area (Å²) in [6, 6.07) is 6.42. The summed E-state index contributed by atoms with van der Waals surface area (Å²) in [5, 5.41) is 8.72. The monoisotopic (exact) mass is 222 g/mol. The van der Waals surface area contributed by atoms with E-state index in [-0.39, 0.29) is 11.0 Å². The lowest BCUT2D eigenvalue weighted by Gasteiger charge is -2.37. The molecular weight excluding hydrogens is 208 g/mol. The summed E-state index contributed by atoms with van der Waals surface area (Å²) in [5.74, 6) is -0.232. The van der Waals surface area contributed by atoms with Crippen molar-refractivity contribution in [1.82, 2.24) is 0 Å². The van der Waals surface area contributed by atoms with Crippen LogP contribution in [0.25, 0.3) is 0 Å². The zero-order valence-electron chi connectivity index (χ0n) is 9.10. The first-order chi connectivity index (χ1) is 7.59. The summed E-state index contributed by atoms with van der Waals surface area (Å²) in [6.07, 6.45) is 0. The van der Waals surface area contributed by atoms with E-state index in [9.17, 15) is 4.79 Å². The minimum Gasteiger partial charge on any atom is -0.493 e. The maximum Gasteiger partial charge on any atom is 0.335 e. The van der Waals surface area contributed by atoms with Gasteiger partial charge in [-0.15, -0.1) is 0 Å². The van der Waals surface area contributed by atoms with Crippen LogP contribution in [0.15, 0.2) is 24.3 Å². The highest BCUT2D eigenvalue weighted by atomic mass is 16.5. The van der Waals surface area contributed by atoms with Crippen LogP contribution in [-0.2, 0) is 4.74 Å². The number of carboxylic acids is 1. The second-order valence-electron chi connectivity index (χ2n) is 4.42. The van der Waals surface area contributed by atoms with Crippen LogP contribution in [0.3, 0.4) is 0 Å². The number of rotatable bonds is 4. The fourth-order valence-electron chi connectivity index (χ4n) is 1.49. The van der Waals surface area contributed by atoms with Gasteiger partial charge in [-0.3, -0.25) is 0 Å². The molecule has 0 aromatic heterocycles. The van der Waals surface area contributed by atoms with Crippen LogP contribution in [0.4, 0.5) is 0 Å². The Hall–Kier alpha value is -1.55. The zero-order chi connectivity index (χ0) is 11.6. The van der Waals surface area contributed by atoms with E-state index in [0.29, 0.717) is 12.4 Å². The predicted molar refractivity (Wildman–Crippen MR) is 57.8 cm³/mol. The molecule has 1 aliphatic rings. The second-order valence-corrected chi connectivity index (χ2v) is 4.42. The quantitative estimate of drug-likeness (QED) is 0.844. The lowest BCUT2D eigenvalue weighted by Crippen LogP contribution is -2.44. The molecule has 1 saturated heterocycles. The average Bonchev–Trinajstić information content (AvgIpc) is 2.24. The smallest absolute Gasteiger partial charge is 0.335 e. The highest BCUT2D eigenvalue weighted by Gasteiger charge is 2.34. The third kappa shape index (κ3) is 2.33. The number of aromatic carboxylic acids is 1. The number of ether oxygens (including phenoxy) is 2. The first-order valence-electron chi connectivity index (χ1n) is 5.13. The van der Waals surface area contributed by atoms with E-state index in [1.165, 1.54) is 12.1 Å². The molecule has 4 heteroatoms. The van der Waals surface area contributed by atoms with Gasteiger partial charge in [-0.25, -0.2) is 4.79 Å². The number of carboxylic acid groups (broad SMARTS) is 1. The molecule has 1 heterocycles. The van der Waals surface area contributed by atoms with E-state index in [4.69, 9.17) is 14.6 Å². The lowest BCUT2D eigenvalue weighted by molar-refractivity contribution is -0.120. The van der Waals surface area contributed by atoms with Crippen LogP contribution in [-0.4, -0.2) is 30.9 Å². The molecule has 0 radical (unpaired) electrons. The molecule has 0 spiro atoms. The van der Waals surface area contributed by atoms with Gasteiger partial charge in [0.15, 0.2) is 0 Å². The Morgan fingerprint density at radius 1 is 1.44 bits per heavy atom. The molecule has 2 rings (SSSR count). The SMILES string of the molecule is CC1(COc2ccc(C(=O)O)cc2)COC1. The van der Waals surface area contributed by atoms with Crippen LogP contribution in [0.1, 0.15) is 17.3 Å². The van der Waals surface area contributed by atoms with E-state index in [0.717, 1.165) is 13.2 Å². The molecule has 0 aliphatic carbocycles. The Morgan fingerprint density at radius 2 is 2.06 bits per heavy atom. The fraction of sp³-hybridized carbons (Fsp3) is 0.417. The summed E-state index contributed by atoms with van der Waals surface area (Å²) in [6.45, 7) is 4.14. The zero-order valence-corrected chi connectivity index (χ0v) is 9.10. The van der Waals surface area contributed by atoms with Gasteiger partial charge in [-0.2, -0.15) is 0 Å². The molecule has 0 saturated carbocycles. The van der Waals surface area contributed by atoms with Gasteiger partial charge in [-0.05, 0) is 24.3 Å². The van der Waals surface area contributed by atoms with Crippen molar-refractivity contribution >= 4 is 5.97 Å². The Morgan fingerprint density at radius 3 is 2.50 bits per heavy atom. The molecule has 0 atom stereocenters. The number of hydrogen-bond donors (Lipinski definition) is 1. The first kappa shape index (κ1) is 11.0. The van der Waals surface area contributed by atoms with Gasteiger partial charge in [0, 0.05) is 5.41 Å². The van der Waals surface area contributed by atoms with Crippen molar-refractivity contribution in [2.45, 2.75) is 6.92 Å². The second kappa shape index (κ2) is 4.14. The summed E-state index contributed by atoms with van der Waals surface area (Å²) >= 11 is 0. The van der Waals surface area contributed by atoms with Crippen molar-refractivity contribution in [3.63, 3.8) is 0 Å². The number of carbonyl (C=O) groups is 1. The molecule has 4 nitrogen and oxygen atoms in total. The van der Waals surface area contributed by atoms with Crippen molar-refractivity contribution in [2.24, 2.45) is 5.41 Å². The van der Waals surface area contributed by atoms with E-state index in [1.54, 1.807) is 12.1 Å². The molecule has 0 unspecified atom stereocenters. The number of hydrogen-bond acceptors (Lipinski definition) is 3. The van der Waals surface area contributed by atoms with E-state index in [1.807, 2.05) is 0 Å². The minimum atomic E-state index is -0.925. The summed E-state index contributed by atoms with van der Waals surface area (Å²) in [4.78, 5) is 10.6. The van der Waals surface area contributed by atoms with Gasteiger partial charge in [0.1, 0.15) is 5.75 Å². The molecule has 16 heavy (non-hydrogen) atoms. The van der Waals surface area contributed by atoms with Crippen LogP contribution in [0, 0.1) is 5.41 Å². The predicted octanol–water partition coefficient (Wildman–Crippen LogP) is 1.80. The van der Waals surface area contributed by atoms with E-state index < -0.39 is 5.97 Å². The van der Waals surface area contributed by atoms with Crippen molar-refractivity contribution in [3.05, 3.63) is 29.8 Å². The molecule has 1 aromatic carbocycles. The standard InChI is InChI=1S/C12H14O4/c1-12(6-15-7-12)8-16-10-4-2-9(3-5-10)11(13)14/h2-5H,6-8H2,1H3,(H,13,14). The fourth-order valence-corrected chi connectivity index (χ4v) is 1.49. The summed E-state index contributed by atoms with van der Waals surface area (Å²) < 4.78 is 10.7. The van der Waals surface area contributed by atoms with Crippen LogP contribution < -0.4 is 4.74 Å². The Labute approximate surface area is 93.8 Å². The lowest BCUT2D eigenvalue weighted by atomic mass is 9.90. The van der Waals surface area contributed by atoms with Crippen LogP contribution >= 0.6 is 0 Å². The van der Waals surface area contributed by atoms with Gasteiger partial charge in [0.25, 0.3) is 0 Å². The average molecular weight is 222 g/mol. The molecule has 0 amide bonds. The van der Waals surface area contributed by atoms with E-state index in [2.05, 4.69) is 6.92 Å². The molecule has 0 bridgehead atoms. The van der Waals surface area contributed by atoms with Crippen LogP contribution in [0.5, 0.6) is 5.75 Å². The molecule has 1 aromatic rings. The minimum absolute atomic E-state index is 0.103. The number of benzene rings is 1. The Balaban J connectivity index is 1.92. The van der Waals surface area contributed by atoms with Gasteiger partial charge in [-0.1, -0.05) is 6.92 Å². The van der Waals surface area contributed by atoms with Crippen LogP contribution in [0.2, 0.25) is 0 Å². The highest BCUT2D eigenvalue weighted by molar-refractivity contribution is 5.87. The Bertz CT molecular complexity index is 379. The first-order valence-corrected chi connectivity index (χ1v) is 5.13. The summed E-state index contributed by atoms with van der Waals surface area (Å²) in [7, 11) is 0. The van der Waals surface area contributed by atoms with E-state index >= 15 is 0 Å². The van der Waals surface area contributed by atoms with Gasteiger partial charge in [0.05, 0.1) is 25.4 Å². The topological polar surface area (TPSA) is 55.8 Å². The largest absolute Gasteiger partial charge is 0.493 e. The molecular formula is C12H14O4. The van der Waals surface area contributed by atoms with Crippen molar-refractivity contribution in [3.8, 4) is 5.75 Å². The maximum atomic E-state index is 10.6. The van der Waals surface area contributed by atoms with Gasteiger partial charge >= 0.3 is 5.97 Å². The maximum absolute atomic E-state index is 10.6. The third-order valence-electron chi connectivity index (χ3n) is 2.59. The van der Waals surface area contributed by atoms with Crippen molar-refractivity contribution in [1.29, 1.82) is 0 Å². The normalized spacial score (nSPS) is 17.6. The Kier molecular flexibility index (Phi) is 2.83. The summed E-state index contributed by atoms with van der Waals surface area (Å²) in [5.41, 5.74) is 0.372. The third-order valence-corrected chi connectivity index (χ3v) is 2.59. The van der Waals surface area contributed by atoms with Crippen molar-refractivity contribution in [2.75, 3.05) is 19.8 Å². The van der Waals surface area contributed by atoms with Crippen molar-refractivity contribution < 1.29 is 19.4 Å². The molecule has 86 valence electrons.